The Balaban J connectivity index is 1.32. The molecule has 0 aliphatic rings. The van der Waals surface area contributed by atoms with Gasteiger partial charge in [-0.2, -0.15) is 0 Å². The zero-order valence-electron chi connectivity index (χ0n) is 21.5. The Kier molecular flexibility index (Phi) is 7.38. The second kappa shape index (κ2) is 11.6. The standard InChI is InChI=1S/C37H28BrN/c38-35-21-15-32(16-22-35)34-19-25-37(26-20-34)39(36-23-17-33(18-24-36)30-9-5-2-6-10-30)27-28-11-13-31(14-12-28)29-7-3-1-4-8-29/h1-26H,27H2. The maximum absolute atomic E-state index is 3.54. The van der Waals surface area contributed by atoms with Crippen molar-refractivity contribution in [2.45, 2.75) is 6.54 Å². The van der Waals surface area contributed by atoms with Gasteiger partial charge in [-0.3, -0.25) is 0 Å². The molecule has 0 fully saturated rings. The monoisotopic (exact) mass is 565 g/mol. The predicted octanol–water partition coefficient (Wildman–Crippen LogP) is 10.8. The molecule has 0 amide bonds. The Morgan fingerprint density at radius 3 is 1.10 bits per heavy atom. The molecule has 0 atom stereocenters. The molecule has 0 aromatic heterocycles. The zero-order chi connectivity index (χ0) is 26.4. The summed E-state index contributed by atoms with van der Waals surface area (Å²) in [7, 11) is 0. The Hall–Kier alpha value is -4.40. The average Bonchev–Trinajstić information content (AvgIpc) is 3.02. The summed E-state index contributed by atoms with van der Waals surface area (Å²) >= 11 is 3.54. The summed E-state index contributed by atoms with van der Waals surface area (Å²) in [6.45, 7) is 0.775. The molecular formula is C37H28BrN. The van der Waals surface area contributed by atoms with Gasteiger partial charge in [-0.05, 0) is 75.3 Å². The van der Waals surface area contributed by atoms with Crippen molar-refractivity contribution in [3.05, 3.63) is 168 Å². The van der Waals surface area contributed by atoms with Crippen LogP contribution >= 0.6 is 15.9 Å². The van der Waals surface area contributed by atoms with Gasteiger partial charge in [0, 0.05) is 22.4 Å². The van der Waals surface area contributed by atoms with Crippen LogP contribution in [0.3, 0.4) is 0 Å². The highest BCUT2D eigenvalue weighted by molar-refractivity contribution is 9.10. The van der Waals surface area contributed by atoms with Gasteiger partial charge in [-0.25, -0.2) is 0 Å². The molecule has 0 spiro atoms. The van der Waals surface area contributed by atoms with Crippen molar-refractivity contribution in [3.63, 3.8) is 0 Å². The first kappa shape index (κ1) is 24.9. The third kappa shape index (κ3) is 5.87. The van der Waals surface area contributed by atoms with E-state index in [-0.39, 0.29) is 0 Å². The molecule has 0 unspecified atom stereocenters. The summed E-state index contributed by atoms with van der Waals surface area (Å²) in [6, 6.07) is 56.2. The summed E-state index contributed by atoms with van der Waals surface area (Å²) < 4.78 is 1.09. The number of hydrogen-bond acceptors (Lipinski definition) is 1. The van der Waals surface area contributed by atoms with Crippen LogP contribution in [0.25, 0.3) is 33.4 Å². The topological polar surface area (TPSA) is 3.24 Å². The van der Waals surface area contributed by atoms with Crippen molar-refractivity contribution in [1.29, 1.82) is 0 Å². The molecular weight excluding hydrogens is 538 g/mol. The van der Waals surface area contributed by atoms with Crippen LogP contribution in [0.2, 0.25) is 0 Å². The molecule has 188 valence electrons. The molecule has 6 rings (SSSR count). The summed E-state index contributed by atoms with van der Waals surface area (Å²) in [6.07, 6.45) is 0. The highest BCUT2D eigenvalue weighted by Crippen LogP contribution is 2.32. The fraction of sp³-hybridized carbons (Fsp3) is 0.0270. The van der Waals surface area contributed by atoms with Crippen molar-refractivity contribution in [2.75, 3.05) is 4.90 Å². The van der Waals surface area contributed by atoms with Gasteiger partial charge < -0.3 is 4.90 Å². The first-order valence-corrected chi connectivity index (χ1v) is 14.0. The van der Waals surface area contributed by atoms with E-state index >= 15 is 0 Å². The van der Waals surface area contributed by atoms with Gasteiger partial charge in [0.15, 0.2) is 0 Å². The minimum Gasteiger partial charge on any atom is -0.337 e. The smallest absolute Gasteiger partial charge is 0.0481 e. The SMILES string of the molecule is Brc1ccc(-c2ccc(N(Cc3ccc(-c4ccccc4)cc3)c3ccc(-c4ccccc4)cc3)cc2)cc1. The second-order valence-electron chi connectivity index (χ2n) is 9.62. The van der Waals surface area contributed by atoms with Gasteiger partial charge in [0.1, 0.15) is 0 Å². The minimum absolute atomic E-state index is 0.775. The molecule has 0 saturated heterocycles. The van der Waals surface area contributed by atoms with E-state index in [1.165, 1.54) is 44.6 Å². The first-order chi connectivity index (χ1) is 19.2. The molecule has 0 radical (unpaired) electrons. The largest absolute Gasteiger partial charge is 0.337 e. The van der Waals surface area contributed by atoms with E-state index in [0.717, 1.165) is 16.7 Å². The summed E-state index contributed by atoms with van der Waals surface area (Å²) in [5.74, 6) is 0. The van der Waals surface area contributed by atoms with Crippen LogP contribution in [-0.2, 0) is 6.54 Å². The van der Waals surface area contributed by atoms with Gasteiger partial charge in [-0.15, -0.1) is 0 Å². The Labute approximate surface area is 239 Å². The summed E-state index contributed by atoms with van der Waals surface area (Å²) in [5, 5.41) is 0. The lowest BCUT2D eigenvalue weighted by molar-refractivity contribution is 0.976. The molecule has 0 N–H and O–H groups in total. The molecule has 0 aliphatic heterocycles. The average molecular weight is 567 g/mol. The fourth-order valence-electron chi connectivity index (χ4n) is 4.89. The highest BCUT2D eigenvalue weighted by atomic mass is 79.9. The fourth-order valence-corrected chi connectivity index (χ4v) is 5.15. The molecule has 39 heavy (non-hydrogen) atoms. The number of halogens is 1. The maximum atomic E-state index is 3.54. The molecule has 0 aliphatic carbocycles. The van der Waals surface area contributed by atoms with Crippen molar-refractivity contribution in [1.82, 2.24) is 0 Å². The van der Waals surface area contributed by atoms with Gasteiger partial charge in [0.25, 0.3) is 0 Å². The third-order valence-electron chi connectivity index (χ3n) is 7.04. The van der Waals surface area contributed by atoms with E-state index in [0.29, 0.717) is 0 Å². The Morgan fingerprint density at radius 1 is 0.359 bits per heavy atom. The molecule has 0 bridgehead atoms. The van der Waals surface area contributed by atoms with E-state index in [4.69, 9.17) is 0 Å². The van der Waals surface area contributed by atoms with Crippen LogP contribution in [0.15, 0.2) is 162 Å². The first-order valence-electron chi connectivity index (χ1n) is 13.2. The van der Waals surface area contributed by atoms with Crippen molar-refractivity contribution >= 4 is 27.3 Å². The molecule has 6 aromatic rings. The minimum atomic E-state index is 0.775. The normalized spacial score (nSPS) is 10.8. The summed E-state index contributed by atoms with van der Waals surface area (Å²) in [5.41, 5.74) is 10.9. The lowest BCUT2D eigenvalue weighted by atomic mass is 10.0. The number of hydrogen-bond donors (Lipinski definition) is 0. The quantitative estimate of drug-likeness (QED) is 0.186. The number of benzene rings is 6. The Bertz CT molecular complexity index is 1620. The predicted molar refractivity (Wildman–Crippen MR) is 169 cm³/mol. The van der Waals surface area contributed by atoms with E-state index in [2.05, 4.69) is 179 Å². The number of anilines is 2. The van der Waals surface area contributed by atoms with Gasteiger partial charge in [0.05, 0.1) is 0 Å². The third-order valence-corrected chi connectivity index (χ3v) is 7.57. The van der Waals surface area contributed by atoms with Crippen molar-refractivity contribution < 1.29 is 0 Å². The van der Waals surface area contributed by atoms with E-state index in [9.17, 15) is 0 Å². The summed E-state index contributed by atoms with van der Waals surface area (Å²) in [4.78, 5) is 2.39. The van der Waals surface area contributed by atoms with E-state index in [1.807, 2.05) is 0 Å². The van der Waals surface area contributed by atoms with Gasteiger partial charge in [-0.1, -0.05) is 137 Å². The van der Waals surface area contributed by atoms with Crippen molar-refractivity contribution in [2.24, 2.45) is 0 Å². The highest BCUT2D eigenvalue weighted by Gasteiger charge is 2.12. The van der Waals surface area contributed by atoms with Crippen LogP contribution in [0.5, 0.6) is 0 Å². The van der Waals surface area contributed by atoms with Gasteiger partial charge >= 0.3 is 0 Å². The lowest BCUT2D eigenvalue weighted by Gasteiger charge is -2.26. The van der Waals surface area contributed by atoms with Crippen LogP contribution in [0.1, 0.15) is 5.56 Å². The van der Waals surface area contributed by atoms with E-state index in [1.54, 1.807) is 0 Å². The maximum Gasteiger partial charge on any atom is 0.0481 e. The Morgan fingerprint density at radius 2 is 0.692 bits per heavy atom. The number of nitrogens with zero attached hydrogens (tertiary/aromatic N) is 1. The van der Waals surface area contributed by atoms with E-state index < -0.39 is 0 Å². The number of rotatable bonds is 7. The van der Waals surface area contributed by atoms with Gasteiger partial charge in [0.2, 0.25) is 0 Å². The zero-order valence-corrected chi connectivity index (χ0v) is 23.1. The van der Waals surface area contributed by atoms with Crippen molar-refractivity contribution in [3.8, 4) is 33.4 Å². The molecule has 2 heteroatoms. The van der Waals surface area contributed by atoms with Crippen LogP contribution < -0.4 is 4.90 Å². The lowest BCUT2D eigenvalue weighted by Crippen LogP contribution is -2.16. The molecule has 0 saturated carbocycles. The van der Waals surface area contributed by atoms with Crippen LogP contribution in [0, 0.1) is 0 Å². The molecule has 6 aromatic carbocycles. The van der Waals surface area contributed by atoms with Crippen LogP contribution in [0.4, 0.5) is 11.4 Å². The molecule has 0 heterocycles. The van der Waals surface area contributed by atoms with Crippen LogP contribution in [-0.4, -0.2) is 0 Å². The second-order valence-corrected chi connectivity index (χ2v) is 10.5. The molecule has 1 nitrogen and oxygen atoms in total.